The molecule has 0 radical (unpaired) electrons. The Balaban J connectivity index is 1.30. The van der Waals surface area contributed by atoms with Gasteiger partial charge < -0.3 is 14.8 Å². The highest BCUT2D eigenvalue weighted by Crippen LogP contribution is 2.32. The summed E-state index contributed by atoms with van der Waals surface area (Å²) in [5.41, 5.74) is 2.96. The summed E-state index contributed by atoms with van der Waals surface area (Å²) < 4.78 is 45.0. The number of aromatic amines is 1. The van der Waals surface area contributed by atoms with Crippen molar-refractivity contribution < 1.29 is 27.8 Å². The molecule has 1 fully saturated rings. The fourth-order valence-corrected chi connectivity index (χ4v) is 4.44. The maximum Gasteiger partial charge on any atom is 0.416 e. The van der Waals surface area contributed by atoms with E-state index < -0.39 is 17.7 Å². The number of hydrogen-bond acceptors (Lipinski definition) is 5. The van der Waals surface area contributed by atoms with E-state index in [9.17, 15) is 18.0 Å². The van der Waals surface area contributed by atoms with Crippen molar-refractivity contribution in [1.29, 1.82) is 0 Å². The third kappa shape index (κ3) is 4.89. The molecule has 1 saturated carbocycles. The van der Waals surface area contributed by atoms with Crippen LogP contribution in [0.1, 0.15) is 36.8 Å². The second-order valence-corrected chi connectivity index (χ2v) is 9.02. The summed E-state index contributed by atoms with van der Waals surface area (Å²) in [5.74, 6) is -0.0949. The lowest BCUT2D eigenvalue weighted by Gasteiger charge is -2.26. The standard InChI is InChI=1S/C26H23F3N4O3/c1-14-10-17(13-31-24(14)36-19-6-2-15(3-7-19)25(34)35)20-8-4-16(12-30-20)23-32-21-9-5-18(26(27,28)29)11-22(21)33-23/h4-5,8-13,15,19H,2-3,6-7H2,1H3,(H,32,33)(H,34,35). The number of rotatable bonds is 5. The molecule has 3 heterocycles. The summed E-state index contributed by atoms with van der Waals surface area (Å²) >= 11 is 0. The van der Waals surface area contributed by atoms with E-state index in [0.29, 0.717) is 59.7 Å². The number of ether oxygens (including phenoxy) is 1. The van der Waals surface area contributed by atoms with Crippen LogP contribution in [0.25, 0.3) is 33.7 Å². The maximum atomic E-state index is 13.0. The number of pyridine rings is 2. The Hall–Kier alpha value is -3.95. The van der Waals surface area contributed by atoms with E-state index in [1.165, 1.54) is 6.07 Å². The molecule has 0 amide bonds. The molecule has 36 heavy (non-hydrogen) atoms. The third-order valence-corrected chi connectivity index (χ3v) is 6.47. The zero-order valence-electron chi connectivity index (χ0n) is 19.3. The van der Waals surface area contributed by atoms with Gasteiger partial charge in [0, 0.05) is 29.1 Å². The van der Waals surface area contributed by atoms with Crippen LogP contribution in [0.5, 0.6) is 5.88 Å². The number of hydrogen-bond donors (Lipinski definition) is 2. The molecule has 186 valence electrons. The normalized spacial score (nSPS) is 18.3. The molecule has 0 atom stereocenters. The minimum absolute atomic E-state index is 0.0499. The third-order valence-electron chi connectivity index (χ3n) is 6.47. The molecule has 1 aliphatic rings. The predicted octanol–water partition coefficient (Wildman–Crippen LogP) is 6.04. The van der Waals surface area contributed by atoms with Crippen LogP contribution < -0.4 is 4.74 Å². The number of aryl methyl sites for hydroxylation is 1. The second-order valence-electron chi connectivity index (χ2n) is 9.02. The first-order valence-corrected chi connectivity index (χ1v) is 11.6. The van der Waals surface area contributed by atoms with Crippen molar-refractivity contribution in [2.24, 2.45) is 5.92 Å². The number of aliphatic carboxylic acids is 1. The SMILES string of the molecule is Cc1cc(-c2ccc(-c3nc4ccc(C(F)(F)F)cc4[nH]3)cn2)cnc1OC1CCC(C(=O)O)CC1. The van der Waals surface area contributed by atoms with Crippen molar-refractivity contribution in [3.63, 3.8) is 0 Å². The first-order valence-electron chi connectivity index (χ1n) is 11.6. The van der Waals surface area contributed by atoms with Gasteiger partial charge in [0.2, 0.25) is 5.88 Å². The van der Waals surface area contributed by atoms with Gasteiger partial charge >= 0.3 is 12.1 Å². The Morgan fingerprint density at radius 1 is 1.03 bits per heavy atom. The number of carbonyl (C=O) groups is 1. The molecule has 4 aromatic rings. The molecule has 1 aliphatic carbocycles. The lowest BCUT2D eigenvalue weighted by molar-refractivity contribution is -0.143. The number of aromatic nitrogens is 4. The number of benzene rings is 1. The molecule has 0 aliphatic heterocycles. The number of halogens is 3. The van der Waals surface area contributed by atoms with Crippen LogP contribution in [0, 0.1) is 12.8 Å². The van der Waals surface area contributed by atoms with Gasteiger partial charge in [-0.1, -0.05) is 0 Å². The molecule has 0 saturated heterocycles. The van der Waals surface area contributed by atoms with Crippen LogP contribution in [-0.4, -0.2) is 37.1 Å². The average Bonchev–Trinajstić information content (AvgIpc) is 3.29. The number of nitrogens with one attached hydrogen (secondary N) is 1. The molecule has 0 bridgehead atoms. The highest BCUT2D eigenvalue weighted by Gasteiger charge is 2.31. The molecule has 5 rings (SSSR count). The van der Waals surface area contributed by atoms with E-state index in [-0.39, 0.29) is 12.0 Å². The molecular formula is C26H23F3N4O3. The highest BCUT2D eigenvalue weighted by atomic mass is 19.4. The number of carboxylic acids is 1. The lowest BCUT2D eigenvalue weighted by Crippen LogP contribution is -2.28. The number of nitrogens with zero attached hydrogens (tertiary/aromatic N) is 3. The van der Waals surface area contributed by atoms with Gasteiger partial charge in [0.25, 0.3) is 0 Å². The fraction of sp³-hybridized carbons (Fsp3) is 0.308. The van der Waals surface area contributed by atoms with E-state index in [1.54, 1.807) is 24.5 Å². The molecule has 1 aromatic carbocycles. The van der Waals surface area contributed by atoms with Crippen molar-refractivity contribution in [3.8, 4) is 28.5 Å². The monoisotopic (exact) mass is 496 g/mol. The van der Waals surface area contributed by atoms with Crippen molar-refractivity contribution >= 4 is 17.0 Å². The lowest BCUT2D eigenvalue weighted by atomic mass is 9.87. The Morgan fingerprint density at radius 3 is 2.42 bits per heavy atom. The Labute approximate surface area is 204 Å². The number of alkyl halides is 3. The summed E-state index contributed by atoms with van der Waals surface area (Å²) in [6, 6.07) is 8.92. The molecule has 10 heteroatoms. The van der Waals surface area contributed by atoms with E-state index in [0.717, 1.165) is 23.3 Å². The zero-order chi connectivity index (χ0) is 25.4. The van der Waals surface area contributed by atoms with Gasteiger partial charge in [-0.05, 0) is 69.0 Å². The van der Waals surface area contributed by atoms with Crippen LogP contribution in [0.2, 0.25) is 0 Å². The highest BCUT2D eigenvalue weighted by molar-refractivity contribution is 5.80. The molecule has 7 nitrogen and oxygen atoms in total. The van der Waals surface area contributed by atoms with Gasteiger partial charge in [-0.25, -0.2) is 9.97 Å². The number of carboxylic acid groups (broad SMARTS) is 1. The van der Waals surface area contributed by atoms with Gasteiger partial charge in [-0.15, -0.1) is 0 Å². The van der Waals surface area contributed by atoms with Gasteiger partial charge in [0.1, 0.15) is 11.9 Å². The van der Waals surface area contributed by atoms with E-state index >= 15 is 0 Å². The fourth-order valence-electron chi connectivity index (χ4n) is 4.44. The van der Waals surface area contributed by atoms with Crippen molar-refractivity contribution in [2.75, 3.05) is 0 Å². The predicted molar refractivity (Wildman–Crippen MR) is 126 cm³/mol. The number of H-pyrrole nitrogens is 1. The summed E-state index contributed by atoms with van der Waals surface area (Å²) in [7, 11) is 0. The number of imidazole rings is 1. The quantitative estimate of drug-likeness (QED) is 0.350. The minimum atomic E-state index is -4.42. The van der Waals surface area contributed by atoms with Crippen LogP contribution in [-0.2, 0) is 11.0 Å². The smallest absolute Gasteiger partial charge is 0.416 e. The van der Waals surface area contributed by atoms with Crippen LogP contribution in [0.3, 0.4) is 0 Å². The van der Waals surface area contributed by atoms with E-state index in [1.807, 2.05) is 13.0 Å². The summed E-state index contributed by atoms with van der Waals surface area (Å²) in [6.45, 7) is 1.90. The number of fused-ring (bicyclic) bond motifs is 1. The first kappa shape index (κ1) is 23.8. The van der Waals surface area contributed by atoms with Gasteiger partial charge in [-0.3, -0.25) is 9.78 Å². The molecule has 2 N–H and O–H groups in total. The zero-order valence-corrected chi connectivity index (χ0v) is 19.3. The van der Waals surface area contributed by atoms with Crippen LogP contribution in [0.15, 0.2) is 48.8 Å². The summed E-state index contributed by atoms with van der Waals surface area (Å²) in [6.07, 6.45) is 1.38. The largest absolute Gasteiger partial charge is 0.481 e. The average molecular weight is 496 g/mol. The molecule has 3 aromatic heterocycles. The van der Waals surface area contributed by atoms with Crippen LogP contribution >= 0.6 is 0 Å². The van der Waals surface area contributed by atoms with Crippen molar-refractivity contribution in [1.82, 2.24) is 19.9 Å². The summed E-state index contributed by atoms with van der Waals surface area (Å²) in [5, 5.41) is 9.15. The second kappa shape index (κ2) is 9.25. The maximum absolute atomic E-state index is 13.0. The van der Waals surface area contributed by atoms with Crippen LogP contribution in [0.4, 0.5) is 13.2 Å². The Morgan fingerprint density at radius 2 is 1.78 bits per heavy atom. The van der Waals surface area contributed by atoms with Gasteiger partial charge in [0.15, 0.2) is 0 Å². The van der Waals surface area contributed by atoms with Crippen molar-refractivity contribution in [2.45, 2.75) is 44.9 Å². The molecule has 0 unspecified atom stereocenters. The Bertz CT molecular complexity index is 1410. The summed E-state index contributed by atoms with van der Waals surface area (Å²) in [4.78, 5) is 27.4. The molecule has 0 spiro atoms. The Kier molecular flexibility index (Phi) is 6.11. The van der Waals surface area contributed by atoms with Crippen molar-refractivity contribution in [3.05, 3.63) is 59.9 Å². The van der Waals surface area contributed by atoms with E-state index in [4.69, 9.17) is 9.84 Å². The van der Waals surface area contributed by atoms with Gasteiger partial charge in [0.05, 0.1) is 28.2 Å². The minimum Gasteiger partial charge on any atom is -0.481 e. The molecular weight excluding hydrogens is 473 g/mol. The topological polar surface area (TPSA) is 101 Å². The first-order chi connectivity index (χ1) is 17.2. The van der Waals surface area contributed by atoms with Gasteiger partial charge in [-0.2, -0.15) is 13.2 Å². The van der Waals surface area contributed by atoms with E-state index in [2.05, 4.69) is 19.9 Å².